The van der Waals surface area contributed by atoms with Crippen LogP contribution in [0.25, 0.3) is 0 Å². The molecule has 10 nitrogen and oxygen atoms in total. The van der Waals surface area contributed by atoms with Crippen LogP contribution in [-0.4, -0.2) is 52.0 Å². The van der Waals surface area contributed by atoms with Crippen molar-refractivity contribution in [3.8, 4) is 5.75 Å². The number of alkyl carbamates (subject to hydrolysis) is 1. The Bertz CT molecular complexity index is 1190. The molecule has 0 aliphatic heterocycles. The molecule has 0 fully saturated rings. The van der Waals surface area contributed by atoms with E-state index in [9.17, 15) is 24.3 Å². The molecule has 0 aromatic heterocycles. The van der Waals surface area contributed by atoms with Gasteiger partial charge in [-0.2, -0.15) is 0 Å². The number of phenolic OH excluding ortho intramolecular Hbond substituents is 1. The van der Waals surface area contributed by atoms with Crippen molar-refractivity contribution in [2.24, 2.45) is 5.73 Å². The van der Waals surface area contributed by atoms with Gasteiger partial charge in [-0.1, -0.05) is 69.4 Å². The van der Waals surface area contributed by atoms with Crippen LogP contribution < -0.4 is 16.4 Å². The van der Waals surface area contributed by atoms with Gasteiger partial charge in [0.15, 0.2) is 0 Å². The fourth-order valence-corrected chi connectivity index (χ4v) is 4.52. The van der Waals surface area contributed by atoms with Crippen LogP contribution in [0.2, 0.25) is 0 Å². The predicted octanol–water partition coefficient (Wildman–Crippen LogP) is 5.34. The van der Waals surface area contributed by atoms with E-state index in [0.717, 1.165) is 37.7 Å². The van der Waals surface area contributed by atoms with E-state index >= 15 is 0 Å². The number of aromatic hydroxyl groups is 1. The zero-order valence-corrected chi connectivity index (χ0v) is 25.4. The molecule has 0 spiro atoms. The van der Waals surface area contributed by atoms with E-state index in [1.807, 2.05) is 19.1 Å². The fraction of sp³-hybridized carbons (Fsp3) is 0.500. The van der Waals surface area contributed by atoms with Gasteiger partial charge in [-0.25, -0.2) is 4.79 Å². The summed E-state index contributed by atoms with van der Waals surface area (Å²) < 4.78 is 5.33. The molecule has 0 saturated heterocycles. The Kier molecular flexibility index (Phi) is 13.3. The minimum Gasteiger partial charge on any atom is -0.508 e. The molecular weight excluding hydrogens is 536 g/mol. The number of para-hydroxylation sites is 1. The van der Waals surface area contributed by atoms with Crippen LogP contribution in [0, 0.1) is 6.92 Å². The van der Waals surface area contributed by atoms with E-state index in [-0.39, 0.29) is 12.3 Å². The normalized spacial score (nSPS) is 12.6. The molecule has 0 saturated carbocycles. The number of anilines is 1. The van der Waals surface area contributed by atoms with Gasteiger partial charge in [0.25, 0.3) is 5.91 Å². The van der Waals surface area contributed by atoms with Crippen LogP contribution in [0.1, 0.15) is 89.8 Å². The topological polar surface area (TPSA) is 151 Å². The third-order valence-corrected chi connectivity index (χ3v) is 6.60. The first kappa shape index (κ1) is 34.1. The summed E-state index contributed by atoms with van der Waals surface area (Å²) in [5, 5.41) is 15.3. The van der Waals surface area contributed by atoms with Crippen LogP contribution in [0.4, 0.5) is 10.5 Å². The predicted molar refractivity (Wildman–Crippen MR) is 163 cm³/mol. The van der Waals surface area contributed by atoms with Crippen molar-refractivity contribution in [3.05, 3.63) is 59.7 Å². The van der Waals surface area contributed by atoms with E-state index < -0.39 is 47.9 Å². The Balaban J connectivity index is 2.51. The number of amides is 4. The molecule has 230 valence electrons. The Morgan fingerprint density at radius 1 is 0.952 bits per heavy atom. The summed E-state index contributed by atoms with van der Waals surface area (Å²) >= 11 is 0. The van der Waals surface area contributed by atoms with Crippen molar-refractivity contribution < 1.29 is 29.0 Å². The quantitative estimate of drug-likeness (QED) is 0.208. The highest BCUT2D eigenvalue weighted by molar-refractivity contribution is 6.00. The number of carbonyl (C=O) groups excluding carboxylic acids is 4. The van der Waals surface area contributed by atoms with Gasteiger partial charge < -0.3 is 31.1 Å². The lowest BCUT2D eigenvalue weighted by molar-refractivity contribution is -0.142. The number of unbranched alkanes of at least 4 members (excludes halogenated alkanes) is 5. The van der Waals surface area contributed by atoms with Crippen LogP contribution in [-0.2, 0) is 19.1 Å². The molecule has 4 amide bonds. The van der Waals surface area contributed by atoms with E-state index in [4.69, 9.17) is 10.5 Å². The number of carbonyl (C=O) groups is 4. The lowest BCUT2D eigenvalue weighted by Gasteiger charge is -2.34. The minimum atomic E-state index is -1.36. The molecule has 0 aliphatic carbocycles. The molecule has 2 aromatic carbocycles. The molecule has 10 heteroatoms. The highest BCUT2D eigenvalue weighted by atomic mass is 16.6. The van der Waals surface area contributed by atoms with Crippen molar-refractivity contribution in [1.29, 1.82) is 0 Å². The standard InChI is InChI=1S/C32H46N4O6/c1-6-7-8-9-10-13-20-36(30(40)26(21-27(33)38)35-31(41)42-32(3,4)5)28(23-16-18-24(37)19-17-23)29(39)34-25-15-12-11-14-22(25)2/h11-12,14-19,26,28,37H,6-10,13,20-21H2,1-5H3,(H2,33,38)(H,34,39)(H,35,41). The summed E-state index contributed by atoms with van der Waals surface area (Å²) in [5.74, 6) is -1.92. The number of hydrogen-bond donors (Lipinski definition) is 4. The largest absolute Gasteiger partial charge is 0.508 e. The third-order valence-electron chi connectivity index (χ3n) is 6.60. The van der Waals surface area contributed by atoms with Gasteiger partial charge in [-0.15, -0.1) is 0 Å². The van der Waals surface area contributed by atoms with Crippen LogP contribution in [0.5, 0.6) is 5.75 Å². The fourth-order valence-electron chi connectivity index (χ4n) is 4.52. The maximum atomic E-state index is 14.2. The second-order valence-electron chi connectivity index (χ2n) is 11.5. The van der Waals surface area contributed by atoms with Gasteiger partial charge in [0.05, 0.1) is 6.42 Å². The van der Waals surface area contributed by atoms with Crippen molar-refractivity contribution in [2.75, 3.05) is 11.9 Å². The third kappa shape index (κ3) is 11.4. The molecule has 42 heavy (non-hydrogen) atoms. The lowest BCUT2D eigenvalue weighted by atomic mass is 10.0. The van der Waals surface area contributed by atoms with E-state index in [2.05, 4.69) is 17.6 Å². The van der Waals surface area contributed by atoms with Gasteiger partial charge >= 0.3 is 6.09 Å². The van der Waals surface area contributed by atoms with Gasteiger partial charge in [0.1, 0.15) is 23.4 Å². The SMILES string of the molecule is CCCCCCCCN(C(=O)C(CC(N)=O)NC(=O)OC(C)(C)C)C(C(=O)Nc1ccccc1C)c1ccc(O)cc1. The molecule has 5 N–H and O–H groups in total. The molecule has 0 bridgehead atoms. The number of hydrogen-bond acceptors (Lipinski definition) is 6. The molecule has 0 radical (unpaired) electrons. The molecule has 0 heterocycles. The number of aryl methyl sites for hydroxylation is 1. The van der Waals surface area contributed by atoms with E-state index in [1.54, 1.807) is 45.0 Å². The summed E-state index contributed by atoms with van der Waals surface area (Å²) in [5.41, 5.74) is 6.50. The lowest BCUT2D eigenvalue weighted by Crippen LogP contribution is -2.53. The minimum absolute atomic E-state index is 0.00353. The number of nitrogens with zero attached hydrogens (tertiary/aromatic N) is 1. The van der Waals surface area contributed by atoms with Crippen molar-refractivity contribution >= 4 is 29.5 Å². The number of ether oxygens (including phenoxy) is 1. The smallest absolute Gasteiger partial charge is 0.408 e. The number of benzene rings is 2. The summed E-state index contributed by atoms with van der Waals surface area (Å²) in [6.45, 7) is 9.21. The first-order chi connectivity index (χ1) is 19.8. The Labute approximate surface area is 249 Å². The Morgan fingerprint density at radius 3 is 2.17 bits per heavy atom. The van der Waals surface area contributed by atoms with Crippen LogP contribution in [0.15, 0.2) is 48.5 Å². The molecule has 2 rings (SSSR count). The Morgan fingerprint density at radius 2 is 1.57 bits per heavy atom. The summed E-state index contributed by atoms with van der Waals surface area (Å²) in [6.07, 6.45) is 4.29. The maximum absolute atomic E-state index is 14.2. The van der Waals surface area contributed by atoms with Gasteiger partial charge in [-0.05, 0) is 63.4 Å². The van der Waals surface area contributed by atoms with Crippen molar-refractivity contribution in [1.82, 2.24) is 10.2 Å². The number of phenols is 1. The summed E-state index contributed by atoms with van der Waals surface area (Å²) in [6, 6.07) is 10.8. The van der Waals surface area contributed by atoms with Gasteiger partial charge in [-0.3, -0.25) is 14.4 Å². The van der Waals surface area contributed by atoms with Crippen molar-refractivity contribution in [2.45, 2.75) is 97.2 Å². The highest BCUT2D eigenvalue weighted by Crippen LogP contribution is 2.28. The van der Waals surface area contributed by atoms with E-state index in [0.29, 0.717) is 17.7 Å². The van der Waals surface area contributed by atoms with Gasteiger partial charge in [0, 0.05) is 12.2 Å². The van der Waals surface area contributed by atoms with Crippen molar-refractivity contribution in [3.63, 3.8) is 0 Å². The first-order valence-corrected chi connectivity index (χ1v) is 14.6. The molecular formula is C32H46N4O6. The zero-order chi connectivity index (χ0) is 31.3. The summed E-state index contributed by atoms with van der Waals surface area (Å²) in [4.78, 5) is 54.2. The summed E-state index contributed by atoms with van der Waals surface area (Å²) in [7, 11) is 0. The molecule has 2 aromatic rings. The monoisotopic (exact) mass is 582 g/mol. The highest BCUT2D eigenvalue weighted by Gasteiger charge is 2.37. The zero-order valence-electron chi connectivity index (χ0n) is 25.4. The maximum Gasteiger partial charge on any atom is 0.408 e. The Hall–Kier alpha value is -4.08. The second-order valence-corrected chi connectivity index (χ2v) is 11.5. The van der Waals surface area contributed by atoms with E-state index in [1.165, 1.54) is 17.0 Å². The number of nitrogens with two attached hydrogens (primary N) is 1. The average Bonchev–Trinajstić information content (AvgIpc) is 2.90. The number of primary amides is 1. The number of rotatable bonds is 15. The van der Waals surface area contributed by atoms with Gasteiger partial charge in [0.2, 0.25) is 11.8 Å². The van der Waals surface area contributed by atoms with Crippen LogP contribution in [0.3, 0.4) is 0 Å². The molecule has 2 atom stereocenters. The molecule has 2 unspecified atom stereocenters. The van der Waals surface area contributed by atoms with Crippen LogP contribution >= 0.6 is 0 Å². The first-order valence-electron chi connectivity index (χ1n) is 14.6. The second kappa shape index (κ2) is 16.4. The average molecular weight is 583 g/mol. The number of nitrogens with one attached hydrogen (secondary N) is 2. The molecule has 0 aliphatic rings.